The molecule has 4 heteroatoms. The Balaban J connectivity index is 1.37. The van der Waals surface area contributed by atoms with Crippen molar-refractivity contribution < 1.29 is 14.6 Å². The van der Waals surface area contributed by atoms with E-state index in [1.807, 2.05) is 24.3 Å². The standard InChI is InChI=1S/C24H31NO3/c1-27-22-3-2-4-23(13-22)28-15-17-5-6-19-12-20(8-7-18(19)11-17)21-9-10-24(25,14-21)16-26/h2-4,7-8,12-13,17,21,26H,5-6,9-11,14-16,25H2,1H3/t17-,21-,24+/m1/s1. The van der Waals surface area contributed by atoms with Gasteiger partial charge in [0.05, 0.1) is 20.3 Å². The van der Waals surface area contributed by atoms with Crippen LogP contribution in [-0.4, -0.2) is 31.0 Å². The largest absolute Gasteiger partial charge is 0.497 e. The zero-order chi connectivity index (χ0) is 19.6. The summed E-state index contributed by atoms with van der Waals surface area (Å²) in [4.78, 5) is 0. The molecule has 0 heterocycles. The van der Waals surface area contributed by atoms with Crippen molar-refractivity contribution in [3.05, 3.63) is 59.2 Å². The molecule has 0 amide bonds. The SMILES string of the molecule is COc1cccc(OC[C@@H]2CCc3cc([C@@H]4CC[C@@](N)(CO)C4)ccc3C2)c1. The average molecular weight is 382 g/mol. The van der Waals surface area contributed by atoms with Gasteiger partial charge < -0.3 is 20.3 Å². The predicted molar refractivity (Wildman–Crippen MR) is 111 cm³/mol. The number of hydrogen-bond donors (Lipinski definition) is 2. The second-order valence-electron chi connectivity index (χ2n) is 8.59. The van der Waals surface area contributed by atoms with Crippen molar-refractivity contribution in [3.8, 4) is 11.5 Å². The third-order valence-corrected chi connectivity index (χ3v) is 6.52. The van der Waals surface area contributed by atoms with Crippen molar-refractivity contribution in [2.45, 2.75) is 50.0 Å². The first kappa shape index (κ1) is 19.3. The Labute approximate surface area is 167 Å². The predicted octanol–water partition coefficient (Wildman–Crippen LogP) is 3.84. The summed E-state index contributed by atoms with van der Waals surface area (Å²) in [5, 5.41) is 9.53. The van der Waals surface area contributed by atoms with E-state index in [1.54, 1.807) is 7.11 Å². The molecule has 2 aliphatic carbocycles. The van der Waals surface area contributed by atoms with E-state index < -0.39 is 0 Å². The van der Waals surface area contributed by atoms with E-state index in [-0.39, 0.29) is 12.1 Å². The molecule has 1 saturated carbocycles. The summed E-state index contributed by atoms with van der Waals surface area (Å²) in [7, 11) is 1.67. The highest BCUT2D eigenvalue weighted by molar-refractivity contribution is 5.37. The van der Waals surface area contributed by atoms with E-state index in [0.717, 1.165) is 56.6 Å². The fraction of sp³-hybridized carbons (Fsp3) is 0.500. The van der Waals surface area contributed by atoms with Crippen LogP contribution < -0.4 is 15.2 Å². The minimum atomic E-state index is -0.386. The highest BCUT2D eigenvalue weighted by atomic mass is 16.5. The normalized spacial score (nSPS) is 26.7. The maximum absolute atomic E-state index is 9.53. The Kier molecular flexibility index (Phi) is 5.61. The smallest absolute Gasteiger partial charge is 0.122 e. The topological polar surface area (TPSA) is 64.7 Å². The summed E-state index contributed by atoms with van der Waals surface area (Å²) >= 11 is 0. The summed E-state index contributed by atoms with van der Waals surface area (Å²) in [5.74, 6) is 2.73. The van der Waals surface area contributed by atoms with Gasteiger partial charge in [-0.05, 0) is 79.2 Å². The third kappa shape index (κ3) is 4.18. The van der Waals surface area contributed by atoms with Crippen molar-refractivity contribution >= 4 is 0 Å². The lowest BCUT2D eigenvalue weighted by Crippen LogP contribution is -2.40. The Morgan fingerprint density at radius 2 is 1.96 bits per heavy atom. The number of methoxy groups -OCH3 is 1. The molecule has 2 aromatic carbocycles. The first-order valence-electron chi connectivity index (χ1n) is 10.4. The molecule has 150 valence electrons. The number of rotatable bonds is 6. The number of aryl methyl sites for hydroxylation is 1. The number of nitrogens with two attached hydrogens (primary N) is 1. The van der Waals surface area contributed by atoms with Crippen molar-refractivity contribution in [2.24, 2.45) is 11.7 Å². The molecule has 28 heavy (non-hydrogen) atoms. The van der Waals surface area contributed by atoms with Crippen molar-refractivity contribution in [3.63, 3.8) is 0 Å². The van der Waals surface area contributed by atoms with Crippen LogP contribution in [-0.2, 0) is 12.8 Å². The molecular formula is C24H31NO3. The van der Waals surface area contributed by atoms with Gasteiger partial charge in [-0.2, -0.15) is 0 Å². The second-order valence-corrected chi connectivity index (χ2v) is 8.59. The van der Waals surface area contributed by atoms with E-state index in [2.05, 4.69) is 18.2 Å². The highest BCUT2D eigenvalue weighted by Crippen LogP contribution is 2.40. The van der Waals surface area contributed by atoms with Crippen LogP contribution in [0.15, 0.2) is 42.5 Å². The maximum atomic E-state index is 9.53. The number of aliphatic hydroxyl groups excluding tert-OH is 1. The summed E-state index contributed by atoms with van der Waals surface area (Å²) in [6.45, 7) is 0.826. The Morgan fingerprint density at radius 3 is 2.75 bits per heavy atom. The van der Waals surface area contributed by atoms with Gasteiger partial charge in [-0.15, -0.1) is 0 Å². The van der Waals surface area contributed by atoms with Gasteiger partial charge in [-0.1, -0.05) is 24.3 Å². The molecule has 2 aliphatic rings. The molecule has 0 radical (unpaired) electrons. The first-order chi connectivity index (χ1) is 13.6. The lowest BCUT2D eigenvalue weighted by atomic mass is 9.82. The third-order valence-electron chi connectivity index (χ3n) is 6.52. The van der Waals surface area contributed by atoms with Crippen LogP contribution in [0.5, 0.6) is 11.5 Å². The second kappa shape index (κ2) is 8.14. The Morgan fingerprint density at radius 1 is 1.11 bits per heavy atom. The van der Waals surface area contributed by atoms with E-state index >= 15 is 0 Å². The van der Waals surface area contributed by atoms with Gasteiger partial charge in [0, 0.05) is 11.6 Å². The van der Waals surface area contributed by atoms with Crippen LogP contribution in [0.25, 0.3) is 0 Å². The maximum Gasteiger partial charge on any atom is 0.122 e. The molecule has 0 aromatic heterocycles. The van der Waals surface area contributed by atoms with E-state index in [4.69, 9.17) is 15.2 Å². The Hall–Kier alpha value is -2.04. The molecule has 2 aromatic rings. The van der Waals surface area contributed by atoms with E-state index in [1.165, 1.54) is 16.7 Å². The highest BCUT2D eigenvalue weighted by Gasteiger charge is 2.36. The zero-order valence-electron chi connectivity index (χ0n) is 16.7. The van der Waals surface area contributed by atoms with Crippen LogP contribution in [0.2, 0.25) is 0 Å². The minimum absolute atomic E-state index is 0.0867. The molecular weight excluding hydrogens is 350 g/mol. The molecule has 4 rings (SSSR count). The molecule has 0 saturated heterocycles. The zero-order valence-corrected chi connectivity index (χ0v) is 16.7. The molecule has 0 bridgehead atoms. The molecule has 3 N–H and O–H groups in total. The molecule has 3 atom stereocenters. The van der Waals surface area contributed by atoms with Gasteiger partial charge in [0.15, 0.2) is 0 Å². The van der Waals surface area contributed by atoms with Crippen molar-refractivity contribution in [1.29, 1.82) is 0 Å². The van der Waals surface area contributed by atoms with E-state index in [0.29, 0.717) is 11.8 Å². The summed E-state index contributed by atoms with van der Waals surface area (Å²) in [6.07, 6.45) is 6.21. The van der Waals surface area contributed by atoms with Crippen molar-refractivity contribution in [2.75, 3.05) is 20.3 Å². The monoisotopic (exact) mass is 381 g/mol. The van der Waals surface area contributed by atoms with Crippen LogP contribution in [0.1, 0.15) is 48.3 Å². The summed E-state index contributed by atoms with van der Waals surface area (Å²) in [6, 6.07) is 14.8. The first-order valence-corrected chi connectivity index (χ1v) is 10.4. The fourth-order valence-electron chi connectivity index (χ4n) is 4.74. The lowest BCUT2D eigenvalue weighted by Gasteiger charge is -2.26. The van der Waals surface area contributed by atoms with Gasteiger partial charge in [0.2, 0.25) is 0 Å². The summed E-state index contributed by atoms with van der Waals surface area (Å²) < 4.78 is 11.3. The minimum Gasteiger partial charge on any atom is -0.497 e. The van der Waals surface area contributed by atoms with Gasteiger partial charge in [0.1, 0.15) is 11.5 Å². The molecule has 0 aliphatic heterocycles. The number of aliphatic hydroxyl groups is 1. The quantitative estimate of drug-likeness (QED) is 0.798. The molecule has 0 unspecified atom stereocenters. The fourth-order valence-corrected chi connectivity index (χ4v) is 4.74. The lowest BCUT2D eigenvalue weighted by molar-refractivity contribution is 0.198. The van der Waals surface area contributed by atoms with Crippen LogP contribution in [0.3, 0.4) is 0 Å². The average Bonchev–Trinajstić information content (AvgIpc) is 3.14. The Bertz CT molecular complexity index is 821. The number of ether oxygens (including phenoxy) is 2. The van der Waals surface area contributed by atoms with Gasteiger partial charge >= 0.3 is 0 Å². The number of benzene rings is 2. The van der Waals surface area contributed by atoms with Gasteiger partial charge in [-0.3, -0.25) is 0 Å². The number of fused-ring (bicyclic) bond motifs is 1. The number of hydrogen-bond acceptors (Lipinski definition) is 4. The van der Waals surface area contributed by atoms with E-state index in [9.17, 15) is 5.11 Å². The van der Waals surface area contributed by atoms with Crippen molar-refractivity contribution in [1.82, 2.24) is 0 Å². The van der Waals surface area contributed by atoms with Gasteiger partial charge in [0.25, 0.3) is 0 Å². The van der Waals surface area contributed by atoms with Gasteiger partial charge in [-0.25, -0.2) is 0 Å². The van der Waals surface area contributed by atoms with Crippen LogP contribution in [0, 0.1) is 5.92 Å². The molecule has 4 nitrogen and oxygen atoms in total. The molecule has 0 spiro atoms. The molecule has 1 fully saturated rings. The van der Waals surface area contributed by atoms with Crippen LogP contribution >= 0.6 is 0 Å². The van der Waals surface area contributed by atoms with Crippen LogP contribution in [0.4, 0.5) is 0 Å². The summed E-state index contributed by atoms with van der Waals surface area (Å²) in [5.41, 5.74) is 10.2.